The highest BCUT2D eigenvalue weighted by atomic mass is 15.2. The first-order valence-electron chi connectivity index (χ1n) is 6.02. The number of nitrogens with one attached hydrogen (secondary N) is 1. The fourth-order valence-electron chi connectivity index (χ4n) is 2.11. The van der Waals surface area contributed by atoms with Crippen LogP contribution in [0.25, 0.3) is 5.52 Å². The molecule has 0 saturated carbocycles. The van der Waals surface area contributed by atoms with Crippen molar-refractivity contribution < 1.29 is 0 Å². The third kappa shape index (κ3) is 2.56. The minimum absolute atomic E-state index is 0.303. The molecule has 0 aliphatic rings. The van der Waals surface area contributed by atoms with E-state index in [0.29, 0.717) is 6.04 Å². The Morgan fingerprint density at radius 1 is 1.53 bits per heavy atom. The Morgan fingerprint density at radius 2 is 2.35 bits per heavy atom. The van der Waals surface area contributed by atoms with E-state index >= 15 is 0 Å². The molecular formula is C14H19N3. The van der Waals surface area contributed by atoms with Crippen molar-refractivity contribution in [2.75, 3.05) is 6.54 Å². The van der Waals surface area contributed by atoms with E-state index in [1.54, 1.807) is 0 Å². The zero-order valence-electron chi connectivity index (χ0n) is 10.5. The molecule has 1 unspecified atom stereocenters. The lowest BCUT2D eigenvalue weighted by Crippen LogP contribution is -2.20. The largest absolute Gasteiger partial charge is 0.310 e. The van der Waals surface area contributed by atoms with Gasteiger partial charge in [-0.05, 0) is 32.0 Å². The zero-order valence-corrected chi connectivity index (χ0v) is 10.5. The summed E-state index contributed by atoms with van der Waals surface area (Å²) in [6, 6.07) is 6.44. The number of fused-ring (bicyclic) bond motifs is 1. The molecular weight excluding hydrogens is 210 g/mol. The van der Waals surface area contributed by atoms with Crippen molar-refractivity contribution in [3.05, 3.63) is 48.3 Å². The summed E-state index contributed by atoms with van der Waals surface area (Å²) in [5.74, 6) is 0. The third-order valence-corrected chi connectivity index (χ3v) is 2.83. The lowest BCUT2D eigenvalue weighted by Gasteiger charge is -2.17. The van der Waals surface area contributed by atoms with Gasteiger partial charge in [0.15, 0.2) is 0 Å². The molecule has 2 rings (SSSR count). The Bertz CT molecular complexity index is 513. The molecule has 17 heavy (non-hydrogen) atoms. The normalized spacial score (nSPS) is 12.8. The first-order valence-corrected chi connectivity index (χ1v) is 6.02. The van der Waals surface area contributed by atoms with Crippen molar-refractivity contribution in [3.8, 4) is 0 Å². The Labute approximate surface area is 102 Å². The number of hydrogen-bond donors (Lipinski definition) is 1. The van der Waals surface area contributed by atoms with Gasteiger partial charge in [-0.3, -0.25) is 0 Å². The molecule has 90 valence electrons. The number of pyridine rings is 1. The highest BCUT2D eigenvalue weighted by Gasteiger charge is 2.15. The molecule has 2 aromatic heterocycles. The Hall–Kier alpha value is -1.61. The van der Waals surface area contributed by atoms with Crippen LogP contribution in [-0.4, -0.2) is 16.2 Å². The van der Waals surface area contributed by atoms with Crippen LogP contribution in [0.15, 0.2) is 42.7 Å². The first kappa shape index (κ1) is 11.9. The van der Waals surface area contributed by atoms with Crippen molar-refractivity contribution in [2.45, 2.75) is 26.3 Å². The Morgan fingerprint density at radius 3 is 3.06 bits per heavy atom. The summed E-state index contributed by atoms with van der Waals surface area (Å²) in [6.07, 6.45) is 4.87. The van der Waals surface area contributed by atoms with E-state index in [0.717, 1.165) is 13.0 Å². The summed E-state index contributed by atoms with van der Waals surface area (Å²) in [7, 11) is 0. The van der Waals surface area contributed by atoms with Crippen molar-refractivity contribution in [3.63, 3.8) is 0 Å². The summed E-state index contributed by atoms with van der Waals surface area (Å²) < 4.78 is 1.91. The van der Waals surface area contributed by atoms with Crippen molar-refractivity contribution in [2.24, 2.45) is 0 Å². The predicted octanol–water partition coefficient (Wildman–Crippen LogP) is 2.95. The molecule has 0 bridgehead atoms. The molecule has 0 aliphatic carbocycles. The molecule has 2 aromatic rings. The third-order valence-electron chi connectivity index (χ3n) is 2.83. The van der Waals surface area contributed by atoms with Gasteiger partial charge in [0, 0.05) is 17.8 Å². The van der Waals surface area contributed by atoms with Crippen LogP contribution >= 0.6 is 0 Å². The lowest BCUT2D eigenvalue weighted by atomic mass is 10.0. The molecule has 0 aromatic carbocycles. The second-order valence-corrected chi connectivity index (χ2v) is 4.40. The van der Waals surface area contributed by atoms with Crippen LogP contribution in [0.5, 0.6) is 0 Å². The van der Waals surface area contributed by atoms with Crippen LogP contribution < -0.4 is 5.32 Å². The summed E-state index contributed by atoms with van der Waals surface area (Å²) >= 11 is 0. The van der Waals surface area contributed by atoms with Crippen molar-refractivity contribution in [1.29, 1.82) is 0 Å². The van der Waals surface area contributed by atoms with Crippen LogP contribution in [0.3, 0.4) is 0 Å². The maximum absolute atomic E-state index is 4.38. The average Bonchev–Trinajstić information content (AvgIpc) is 2.71. The maximum atomic E-state index is 4.38. The van der Waals surface area contributed by atoms with E-state index in [2.05, 4.69) is 36.9 Å². The fourth-order valence-corrected chi connectivity index (χ4v) is 2.11. The van der Waals surface area contributed by atoms with Gasteiger partial charge in [-0.25, -0.2) is 4.52 Å². The second kappa shape index (κ2) is 5.15. The SMILES string of the molecule is C=C(C)CC(NCC)c1cnn2ccccc12. The molecule has 0 aliphatic heterocycles. The smallest absolute Gasteiger partial charge is 0.0709 e. The zero-order chi connectivity index (χ0) is 12.3. The number of rotatable bonds is 5. The van der Waals surface area contributed by atoms with Gasteiger partial charge in [-0.2, -0.15) is 5.10 Å². The van der Waals surface area contributed by atoms with E-state index < -0.39 is 0 Å². The first-order chi connectivity index (χ1) is 8.22. The van der Waals surface area contributed by atoms with Crippen LogP contribution in [0.2, 0.25) is 0 Å². The summed E-state index contributed by atoms with van der Waals surface area (Å²) in [5.41, 5.74) is 3.60. The number of nitrogens with zero attached hydrogens (tertiary/aromatic N) is 2. The van der Waals surface area contributed by atoms with Crippen LogP contribution in [0, 0.1) is 0 Å². The van der Waals surface area contributed by atoms with Gasteiger partial charge in [-0.1, -0.05) is 18.6 Å². The van der Waals surface area contributed by atoms with Crippen LogP contribution in [0.1, 0.15) is 31.9 Å². The van der Waals surface area contributed by atoms with Crippen LogP contribution in [0.4, 0.5) is 0 Å². The second-order valence-electron chi connectivity index (χ2n) is 4.40. The molecule has 2 heterocycles. The molecule has 3 heteroatoms. The molecule has 0 fully saturated rings. The topological polar surface area (TPSA) is 29.3 Å². The van der Waals surface area contributed by atoms with E-state index in [9.17, 15) is 0 Å². The van der Waals surface area contributed by atoms with Gasteiger partial charge in [-0.15, -0.1) is 6.58 Å². The Balaban J connectivity index is 2.37. The molecule has 0 radical (unpaired) electrons. The minimum Gasteiger partial charge on any atom is -0.310 e. The molecule has 3 nitrogen and oxygen atoms in total. The summed E-state index contributed by atoms with van der Waals surface area (Å²) in [4.78, 5) is 0. The monoisotopic (exact) mass is 229 g/mol. The molecule has 0 amide bonds. The standard InChI is InChI=1S/C14H19N3/c1-4-15-13(9-11(2)3)12-10-16-17-8-6-5-7-14(12)17/h5-8,10,13,15H,2,4,9H2,1,3H3. The highest BCUT2D eigenvalue weighted by Crippen LogP contribution is 2.24. The summed E-state index contributed by atoms with van der Waals surface area (Å²) in [6.45, 7) is 9.13. The van der Waals surface area contributed by atoms with Gasteiger partial charge in [0.1, 0.15) is 0 Å². The van der Waals surface area contributed by atoms with E-state index in [1.807, 2.05) is 29.0 Å². The number of hydrogen-bond acceptors (Lipinski definition) is 2. The summed E-state index contributed by atoms with van der Waals surface area (Å²) in [5, 5.41) is 7.87. The van der Waals surface area contributed by atoms with E-state index in [4.69, 9.17) is 0 Å². The predicted molar refractivity (Wildman–Crippen MR) is 71.0 cm³/mol. The molecule has 1 N–H and O–H groups in total. The molecule has 1 atom stereocenters. The fraction of sp³-hybridized carbons (Fsp3) is 0.357. The van der Waals surface area contributed by atoms with Crippen LogP contribution in [-0.2, 0) is 0 Å². The minimum atomic E-state index is 0.303. The van der Waals surface area contributed by atoms with Gasteiger partial charge in [0.05, 0.1) is 11.7 Å². The van der Waals surface area contributed by atoms with Gasteiger partial charge < -0.3 is 5.32 Å². The lowest BCUT2D eigenvalue weighted by molar-refractivity contribution is 0.551. The maximum Gasteiger partial charge on any atom is 0.0709 e. The van der Waals surface area contributed by atoms with Gasteiger partial charge in [0.2, 0.25) is 0 Å². The molecule has 0 spiro atoms. The Kier molecular flexibility index (Phi) is 3.59. The van der Waals surface area contributed by atoms with Gasteiger partial charge in [0.25, 0.3) is 0 Å². The van der Waals surface area contributed by atoms with Crippen molar-refractivity contribution in [1.82, 2.24) is 14.9 Å². The van der Waals surface area contributed by atoms with E-state index in [1.165, 1.54) is 16.7 Å². The quantitative estimate of drug-likeness (QED) is 0.799. The number of aromatic nitrogens is 2. The van der Waals surface area contributed by atoms with Crippen molar-refractivity contribution >= 4 is 5.52 Å². The average molecular weight is 229 g/mol. The highest BCUT2D eigenvalue weighted by molar-refractivity contribution is 5.55. The molecule has 0 saturated heterocycles. The van der Waals surface area contributed by atoms with E-state index in [-0.39, 0.29) is 0 Å². The van der Waals surface area contributed by atoms with Gasteiger partial charge >= 0.3 is 0 Å².